The minimum Gasteiger partial charge on any atom is -0.480 e. The number of hydrogen-bond donors (Lipinski definition) is 2. The van der Waals surface area contributed by atoms with Gasteiger partial charge in [-0.3, -0.25) is 4.79 Å². The van der Waals surface area contributed by atoms with E-state index in [1.165, 1.54) is 12.1 Å². The number of halogens is 1. The maximum atomic E-state index is 13.6. The van der Waals surface area contributed by atoms with Crippen molar-refractivity contribution in [3.05, 3.63) is 30.1 Å². The molecule has 1 saturated heterocycles. The van der Waals surface area contributed by atoms with Crippen LogP contribution in [0.4, 0.5) is 4.39 Å². The van der Waals surface area contributed by atoms with E-state index in [4.69, 9.17) is 4.74 Å². The van der Waals surface area contributed by atoms with E-state index in [0.717, 1.165) is 12.1 Å². The topological polar surface area (TPSA) is 92.7 Å². The van der Waals surface area contributed by atoms with Gasteiger partial charge in [0, 0.05) is 26.1 Å². The van der Waals surface area contributed by atoms with Gasteiger partial charge >= 0.3 is 5.97 Å². The lowest BCUT2D eigenvalue weighted by Crippen LogP contribution is -2.57. The number of carbonyl (C=O) groups is 1. The Labute approximate surface area is 115 Å². The predicted octanol–water partition coefficient (Wildman–Crippen LogP) is 0.738. The summed E-state index contributed by atoms with van der Waals surface area (Å²) in [5, 5.41) is 9.29. The Morgan fingerprint density at radius 1 is 1.30 bits per heavy atom. The largest absolute Gasteiger partial charge is 0.480 e. The van der Waals surface area contributed by atoms with E-state index >= 15 is 0 Å². The molecule has 20 heavy (non-hydrogen) atoms. The number of benzene rings is 1. The molecule has 0 unspecified atom stereocenters. The molecular formula is C12H14FNO5S. The summed E-state index contributed by atoms with van der Waals surface area (Å²) in [5.74, 6) is -2.21. The molecule has 2 N–H and O–H groups in total. The Kier molecular flexibility index (Phi) is 4.07. The molecule has 0 saturated carbocycles. The average molecular weight is 303 g/mol. The zero-order valence-electron chi connectivity index (χ0n) is 10.5. The van der Waals surface area contributed by atoms with Crippen LogP contribution in [0.2, 0.25) is 0 Å². The highest BCUT2D eigenvalue weighted by atomic mass is 32.2. The summed E-state index contributed by atoms with van der Waals surface area (Å²) in [6.07, 6.45) is -0.00790. The van der Waals surface area contributed by atoms with E-state index in [-0.39, 0.29) is 26.1 Å². The molecule has 1 aromatic carbocycles. The van der Waals surface area contributed by atoms with Crippen molar-refractivity contribution in [2.45, 2.75) is 23.3 Å². The van der Waals surface area contributed by atoms with Crippen LogP contribution in [0.25, 0.3) is 0 Å². The lowest BCUT2D eigenvalue weighted by Gasteiger charge is -2.33. The van der Waals surface area contributed by atoms with E-state index in [2.05, 4.69) is 4.72 Å². The van der Waals surface area contributed by atoms with Gasteiger partial charge in [0.05, 0.1) is 0 Å². The molecular weight excluding hydrogens is 289 g/mol. The third kappa shape index (κ3) is 2.82. The normalized spacial score (nSPS) is 18.6. The second-order valence-corrected chi connectivity index (χ2v) is 6.19. The zero-order chi connectivity index (χ0) is 14.8. The third-order valence-corrected chi connectivity index (χ3v) is 4.78. The number of rotatable bonds is 4. The molecule has 6 nitrogen and oxygen atoms in total. The van der Waals surface area contributed by atoms with Crippen molar-refractivity contribution in [3.8, 4) is 0 Å². The standard InChI is InChI=1S/C12H14FNO5S/c13-9-3-1-2-4-10(9)20(17,18)14-12(11(15)16)5-7-19-8-6-12/h1-4,14H,5-8H2,(H,15,16). The maximum absolute atomic E-state index is 13.6. The number of sulfonamides is 1. The highest BCUT2D eigenvalue weighted by molar-refractivity contribution is 7.89. The quantitative estimate of drug-likeness (QED) is 0.855. The molecule has 0 aromatic heterocycles. The van der Waals surface area contributed by atoms with Gasteiger partial charge in [-0.15, -0.1) is 0 Å². The smallest absolute Gasteiger partial charge is 0.325 e. The van der Waals surface area contributed by atoms with Gasteiger partial charge in [-0.05, 0) is 12.1 Å². The van der Waals surface area contributed by atoms with E-state index in [9.17, 15) is 22.7 Å². The molecule has 0 atom stereocenters. The molecule has 1 aliphatic rings. The van der Waals surface area contributed by atoms with Gasteiger partial charge in [-0.1, -0.05) is 12.1 Å². The summed E-state index contributed by atoms with van der Waals surface area (Å²) < 4.78 is 45.1. The van der Waals surface area contributed by atoms with Crippen LogP contribution in [-0.2, 0) is 19.6 Å². The van der Waals surface area contributed by atoms with Crippen molar-refractivity contribution < 1.29 is 27.4 Å². The summed E-state index contributed by atoms with van der Waals surface area (Å²) in [6.45, 7) is 0.262. The molecule has 1 aliphatic heterocycles. The minimum absolute atomic E-state index is 0.00395. The van der Waals surface area contributed by atoms with Gasteiger partial charge < -0.3 is 9.84 Å². The van der Waals surface area contributed by atoms with Gasteiger partial charge in [-0.25, -0.2) is 12.8 Å². The first kappa shape index (κ1) is 14.9. The van der Waals surface area contributed by atoms with Crippen LogP contribution in [0.1, 0.15) is 12.8 Å². The minimum atomic E-state index is -4.26. The van der Waals surface area contributed by atoms with Crippen molar-refractivity contribution in [3.63, 3.8) is 0 Å². The number of carboxylic acids is 1. The van der Waals surface area contributed by atoms with Gasteiger partial charge in [0.25, 0.3) is 0 Å². The van der Waals surface area contributed by atoms with Crippen LogP contribution in [0, 0.1) is 5.82 Å². The van der Waals surface area contributed by atoms with Crippen LogP contribution in [0.3, 0.4) is 0 Å². The molecule has 0 spiro atoms. The van der Waals surface area contributed by atoms with E-state index in [0.29, 0.717) is 0 Å². The predicted molar refractivity (Wildman–Crippen MR) is 67.1 cm³/mol. The summed E-state index contributed by atoms with van der Waals surface area (Å²) >= 11 is 0. The van der Waals surface area contributed by atoms with Crippen LogP contribution in [0.5, 0.6) is 0 Å². The van der Waals surface area contributed by atoms with Crippen LogP contribution < -0.4 is 4.72 Å². The summed E-state index contributed by atoms with van der Waals surface area (Å²) in [4.78, 5) is 10.8. The number of ether oxygens (including phenoxy) is 1. The molecule has 8 heteroatoms. The maximum Gasteiger partial charge on any atom is 0.325 e. The Morgan fingerprint density at radius 3 is 2.45 bits per heavy atom. The molecule has 0 aliphatic carbocycles. The fraction of sp³-hybridized carbons (Fsp3) is 0.417. The SMILES string of the molecule is O=C(O)C1(NS(=O)(=O)c2ccccc2F)CCOCC1. The Balaban J connectivity index is 2.35. The van der Waals surface area contributed by atoms with Crippen molar-refractivity contribution in [1.29, 1.82) is 0 Å². The van der Waals surface area contributed by atoms with Gasteiger partial charge in [0.1, 0.15) is 16.3 Å². The summed E-state index contributed by atoms with van der Waals surface area (Å²) in [7, 11) is -4.26. The molecule has 2 rings (SSSR count). The Hall–Kier alpha value is -1.51. The Bertz CT molecular complexity index is 610. The number of aliphatic carboxylic acids is 1. The summed E-state index contributed by atoms with van der Waals surface area (Å²) in [5.41, 5.74) is -1.65. The fourth-order valence-corrected chi connectivity index (χ4v) is 3.55. The molecule has 1 aromatic rings. The average Bonchev–Trinajstić information content (AvgIpc) is 2.39. The van der Waals surface area contributed by atoms with Crippen molar-refractivity contribution >= 4 is 16.0 Å². The first-order chi connectivity index (χ1) is 9.37. The van der Waals surface area contributed by atoms with E-state index in [1.54, 1.807) is 0 Å². The van der Waals surface area contributed by atoms with Gasteiger partial charge in [0.2, 0.25) is 10.0 Å². The number of carboxylic acid groups (broad SMARTS) is 1. The molecule has 110 valence electrons. The fourth-order valence-electron chi connectivity index (χ4n) is 2.05. The zero-order valence-corrected chi connectivity index (χ0v) is 11.3. The second-order valence-electron chi connectivity index (χ2n) is 4.54. The van der Waals surface area contributed by atoms with Gasteiger partial charge in [-0.2, -0.15) is 4.72 Å². The molecule has 0 radical (unpaired) electrons. The van der Waals surface area contributed by atoms with Crippen molar-refractivity contribution in [2.24, 2.45) is 0 Å². The lowest BCUT2D eigenvalue weighted by molar-refractivity contribution is -0.147. The first-order valence-corrected chi connectivity index (χ1v) is 7.45. The molecule has 1 fully saturated rings. The lowest BCUT2D eigenvalue weighted by atomic mass is 9.92. The van der Waals surface area contributed by atoms with Crippen LogP contribution in [0.15, 0.2) is 29.2 Å². The number of nitrogens with one attached hydrogen (secondary N) is 1. The number of hydrogen-bond acceptors (Lipinski definition) is 4. The Morgan fingerprint density at radius 2 is 1.90 bits per heavy atom. The molecule has 0 amide bonds. The second kappa shape index (κ2) is 5.47. The van der Waals surface area contributed by atoms with Crippen molar-refractivity contribution in [2.75, 3.05) is 13.2 Å². The molecule has 0 bridgehead atoms. The first-order valence-electron chi connectivity index (χ1n) is 5.97. The van der Waals surface area contributed by atoms with Crippen molar-refractivity contribution in [1.82, 2.24) is 4.72 Å². The highest BCUT2D eigenvalue weighted by Gasteiger charge is 2.44. The third-order valence-electron chi connectivity index (χ3n) is 3.21. The van der Waals surface area contributed by atoms with Crippen LogP contribution in [-0.4, -0.2) is 38.2 Å². The monoisotopic (exact) mass is 303 g/mol. The molecule has 1 heterocycles. The highest BCUT2D eigenvalue weighted by Crippen LogP contribution is 2.25. The van der Waals surface area contributed by atoms with Gasteiger partial charge in [0.15, 0.2) is 0 Å². The summed E-state index contributed by atoms with van der Waals surface area (Å²) in [6, 6.07) is 4.82. The van der Waals surface area contributed by atoms with Crippen LogP contribution >= 0.6 is 0 Å². The van der Waals surface area contributed by atoms with E-state index < -0.39 is 32.2 Å². The van der Waals surface area contributed by atoms with E-state index in [1.807, 2.05) is 0 Å².